The standard InChI is InChI=1S/C17H19FIN/c1-3-20-17(11-13-5-7-14(19)8-6-13)15-9-4-12(2)10-16(15)18/h4-10,17,20H,3,11H2,1-2H3. The van der Waals surface area contributed by atoms with E-state index in [0.29, 0.717) is 0 Å². The molecule has 2 aromatic carbocycles. The van der Waals surface area contributed by atoms with E-state index in [1.54, 1.807) is 6.07 Å². The van der Waals surface area contributed by atoms with Crippen LogP contribution in [0.2, 0.25) is 0 Å². The fourth-order valence-electron chi connectivity index (χ4n) is 2.31. The molecule has 0 aliphatic rings. The zero-order valence-electron chi connectivity index (χ0n) is 11.8. The third-order valence-corrected chi connectivity index (χ3v) is 4.05. The minimum absolute atomic E-state index is 0.0145. The van der Waals surface area contributed by atoms with Crippen molar-refractivity contribution in [3.63, 3.8) is 0 Å². The molecule has 0 amide bonds. The van der Waals surface area contributed by atoms with Gasteiger partial charge < -0.3 is 5.32 Å². The Morgan fingerprint density at radius 1 is 1.15 bits per heavy atom. The average molecular weight is 383 g/mol. The molecule has 0 aliphatic heterocycles. The summed E-state index contributed by atoms with van der Waals surface area (Å²) in [4.78, 5) is 0. The highest BCUT2D eigenvalue weighted by Crippen LogP contribution is 2.22. The fourth-order valence-corrected chi connectivity index (χ4v) is 2.67. The molecular weight excluding hydrogens is 364 g/mol. The number of benzene rings is 2. The molecule has 1 nitrogen and oxygen atoms in total. The largest absolute Gasteiger partial charge is 0.310 e. The lowest BCUT2D eigenvalue weighted by molar-refractivity contribution is 0.509. The number of rotatable bonds is 5. The van der Waals surface area contributed by atoms with Gasteiger partial charge in [0.15, 0.2) is 0 Å². The molecule has 20 heavy (non-hydrogen) atoms. The topological polar surface area (TPSA) is 12.0 Å². The van der Waals surface area contributed by atoms with Gasteiger partial charge in [0.1, 0.15) is 5.82 Å². The molecular formula is C17H19FIN. The fraction of sp³-hybridized carbons (Fsp3) is 0.294. The first-order valence-electron chi connectivity index (χ1n) is 6.84. The van der Waals surface area contributed by atoms with Crippen molar-refractivity contribution in [1.82, 2.24) is 5.32 Å². The predicted octanol–water partition coefficient (Wildman–Crippen LogP) is 4.63. The normalized spacial score (nSPS) is 12.4. The molecule has 1 atom stereocenters. The lowest BCUT2D eigenvalue weighted by Gasteiger charge is -2.19. The van der Waals surface area contributed by atoms with Crippen LogP contribution >= 0.6 is 22.6 Å². The monoisotopic (exact) mass is 383 g/mol. The van der Waals surface area contributed by atoms with Gasteiger partial charge in [0.25, 0.3) is 0 Å². The Balaban J connectivity index is 2.24. The quantitative estimate of drug-likeness (QED) is 0.743. The first kappa shape index (κ1) is 15.4. The van der Waals surface area contributed by atoms with E-state index in [1.807, 2.05) is 26.0 Å². The molecule has 0 bridgehead atoms. The van der Waals surface area contributed by atoms with Crippen molar-refractivity contribution < 1.29 is 4.39 Å². The van der Waals surface area contributed by atoms with Gasteiger partial charge in [-0.05, 0) is 71.8 Å². The second kappa shape index (κ2) is 7.18. The molecule has 106 valence electrons. The number of nitrogens with one attached hydrogen (secondary N) is 1. The van der Waals surface area contributed by atoms with E-state index in [0.717, 1.165) is 24.1 Å². The second-order valence-corrected chi connectivity index (χ2v) is 6.21. The van der Waals surface area contributed by atoms with E-state index in [9.17, 15) is 4.39 Å². The first-order chi connectivity index (χ1) is 9.60. The van der Waals surface area contributed by atoms with Crippen molar-refractivity contribution in [3.05, 3.63) is 68.5 Å². The van der Waals surface area contributed by atoms with Crippen LogP contribution in [0.3, 0.4) is 0 Å². The molecule has 2 rings (SSSR count). The van der Waals surface area contributed by atoms with Crippen molar-refractivity contribution in [2.24, 2.45) is 0 Å². The van der Waals surface area contributed by atoms with Crippen molar-refractivity contribution in [1.29, 1.82) is 0 Å². The zero-order valence-corrected chi connectivity index (χ0v) is 13.9. The summed E-state index contributed by atoms with van der Waals surface area (Å²) >= 11 is 2.29. The van der Waals surface area contributed by atoms with Gasteiger partial charge in [-0.1, -0.05) is 31.2 Å². The van der Waals surface area contributed by atoms with Crippen LogP contribution in [0.5, 0.6) is 0 Å². The molecule has 1 unspecified atom stereocenters. The van der Waals surface area contributed by atoms with Crippen LogP contribution in [0.25, 0.3) is 0 Å². The highest BCUT2D eigenvalue weighted by molar-refractivity contribution is 14.1. The number of aryl methyl sites for hydroxylation is 1. The van der Waals surface area contributed by atoms with E-state index in [4.69, 9.17) is 0 Å². The van der Waals surface area contributed by atoms with E-state index in [1.165, 1.54) is 9.13 Å². The van der Waals surface area contributed by atoms with Crippen molar-refractivity contribution >= 4 is 22.6 Å². The first-order valence-corrected chi connectivity index (χ1v) is 7.92. The number of halogens is 2. The molecule has 0 heterocycles. The summed E-state index contributed by atoms with van der Waals surface area (Å²) in [5, 5.41) is 3.38. The highest BCUT2D eigenvalue weighted by atomic mass is 127. The Kier molecular flexibility index (Phi) is 5.54. The Labute approximate surface area is 133 Å². The summed E-state index contributed by atoms with van der Waals surface area (Å²) in [5.41, 5.74) is 2.92. The van der Waals surface area contributed by atoms with Gasteiger partial charge in [-0.2, -0.15) is 0 Å². The predicted molar refractivity (Wildman–Crippen MR) is 90.4 cm³/mol. The molecule has 0 saturated carbocycles. The Bertz CT molecular complexity index is 566. The van der Waals surface area contributed by atoms with E-state index >= 15 is 0 Å². The van der Waals surface area contributed by atoms with Gasteiger partial charge in [0, 0.05) is 15.2 Å². The van der Waals surface area contributed by atoms with Gasteiger partial charge in [0.2, 0.25) is 0 Å². The van der Waals surface area contributed by atoms with Crippen LogP contribution in [0.1, 0.15) is 29.7 Å². The maximum absolute atomic E-state index is 14.1. The number of hydrogen-bond donors (Lipinski definition) is 1. The Morgan fingerprint density at radius 2 is 1.85 bits per heavy atom. The van der Waals surface area contributed by atoms with Crippen LogP contribution in [0, 0.1) is 16.3 Å². The summed E-state index contributed by atoms with van der Waals surface area (Å²) < 4.78 is 15.4. The molecule has 0 fully saturated rings. The van der Waals surface area contributed by atoms with Crippen molar-refractivity contribution in [3.8, 4) is 0 Å². The van der Waals surface area contributed by atoms with Gasteiger partial charge in [-0.3, -0.25) is 0 Å². The van der Waals surface area contributed by atoms with Crippen molar-refractivity contribution in [2.45, 2.75) is 26.3 Å². The van der Waals surface area contributed by atoms with Crippen LogP contribution in [0.15, 0.2) is 42.5 Å². The third kappa shape index (κ3) is 4.03. The Morgan fingerprint density at radius 3 is 2.45 bits per heavy atom. The molecule has 0 aliphatic carbocycles. The molecule has 2 aromatic rings. The van der Waals surface area contributed by atoms with Gasteiger partial charge in [-0.25, -0.2) is 4.39 Å². The van der Waals surface area contributed by atoms with Crippen LogP contribution in [-0.4, -0.2) is 6.54 Å². The summed E-state index contributed by atoms with van der Waals surface area (Å²) in [5.74, 6) is -0.124. The highest BCUT2D eigenvalue weighted by Gasteiger charge is 2.15. The van der Waals surface area contributed by atoms with Gasteiger partial charge in [-0.15, -0.1) is 0 Å². The minimum atomic E-state index is -0.124. The zero-order chi connectivity index (χ0) is 14.5. The lowest BCUT2D eigenvalue weighted by atomic mass is 9.97. The van der Waals surface area contributed by atoms with Crippen LogP contribution < -0.4 is 5.32 Å². The van der Waals surface area contributed by atoms with E-state index < -0.39 is 0 Å². The second-order valence-electron chi connectivity index (χ2n) is 4.97. The lowest BCUT2D eigenvalue weighted by Crippen LogP contribution is -2.24. The summed E-state index contributed by atoms with van der Waals surface area (Å²) in [6.07, 6.45) is 0.796. The van der Waals surface area contributed by atoms with Crippen LogP contribution in [0.4, 0.5) is 4.39 Å². The summed E-state index contributed by atoms with van der Waals surface area (Å²) in [6, 6.07) is 13.9. The maximum atomic E-state index is 14.1. The smallest absolute Gasteiger partial charge is 0.128 e. The number of likely N-dealkylation sites (N-methyl/N-ethyl adjacent to an activating group) is 1. The molecule has 0 spiro atoms. The molecule has 0 saturated heterocycles. The number of hydrogen-bond acceptors (Lipinski definition) is 1. The molecule has 0 radical (unpaired) electrons. The van der Waals surface area contributed by atoms with Gasteiger partial charge in [0.05, 0.1) is 0 Å². The minimum Gasteiger partial charge on any atom is -0.310 e. The Hall–Kier alpha value is -0.940. The average Bonchev–Trinajstić information content (AvgIpc) is 2.41. The van der Waals surface area contributed by atoms with Gasteiger partial charge >= 0.3 is 0 Å². The summed E-state index contributed by atoms with van der Waals surface area (Å²) in [7, 11) is 0. The van der Waals surface area contributed by atoms with E-state index in [-0.39, 0.29) is 11.9 Å². The van der Waals surface area contributed by atoms with Crippen LogP contribution in [-0.2, 0) is 6.42 Å². The summed E-state index contributed by atoms with van der Waals surface area (Å²) in [6.45, 7) is 4.78. The third-order valence-electron chi connectivity index (χ3n) is 3.33. The van der Waals surface area contributed by atoms with E-state index in [2.05, 4.69) is 52.2 Å². The molecule has 0 aromatic heterocycles. The molecule has 3 heteroatoms. The van der Waals surface area contributed by atoms with Crippen molar-refractivity contribution in [2.75, 3.05) is 6.54 Å². The molecule has 1 N–H and O–H groups in total. The maximum Gasteiger partial charge on any atom is 0.128 e. The SMILES string of the molecule is CCNC(Cc1ccc(I)cc1)c1ccc(C)cc1F.